The average molecular weight is 280 g/mol. The van der Waals surface area contributed by atoms with Gasteiger partial charge in [0.2, 0.25) is 0 Å². The van der Waals surface area contributed by atoms with E-state index < -0.39 is 5.97 Å². The number of carbonyl (C=O) groups is 1. The van der Waals surface area contributed by atoms with Gasteiger partial charge in [0.15, 0.2) is 15.8 Å². The minimum Gasteiger partial charge on any atom is -1.00 e. The second-order valence-electron chi connectivity index (χ2n) is 2.84. The molecule has 2 aromatic heterocycles. The van der Waals surface area contributed by atoms with Crippen molar-refractivity contribution in [2.75, 3.05) is 13.4 Å². The van der Waals surface area contributed by atoms with Gasteiger partial charge in [0.05, 0.1) is 11.8 Å². The Hall–Kier alpha value is -0.340. The van der Waals surface area contributed by atoms with Crippen molar-refractivity contribution in [2.45, 2.75) is 5.16 Å². The molecule has 0 unspecified atom stereocenters. The van der Waals surface area contributed by atoms with Crippen LogP contribution in [0.3, 0.4) is 0 Å². The SMILES string of the molecule is COC(=O)c1sc2cnc(SC)nc2c1O.[H-].[Na+]. The van der Waals surface area contributed by atoms with E-state index in [1.54, 1.807) is 6.20 Å². The monoisotopic (exact) mass is 280 g/mol. The predicted molar refractivity (Wildman–Crippen MR) is 63.3 cm³/mol. The topological polar surface area (TPSA) is 72.3 Å². The molecule has 86 valence electrons. The fourth-order valence-corrected chi connectivity index (χ4v) is 2.46. The van der Waals surface area contributed by atoms with Gasteiger partial charge in [0, 0.05) is 6.20 Å². The minimum atomic E-state index is -0.564. The molecule has 0 fully saturated rings. The zero-order valence-electron chi connectivity index (χ0n) is 10.6. The molecule has 0 amide bonds. The van der Waals surface area contributed by atoms with Gasteiger partial charge in [-0.15, -0.1) is 11.3 Å². The van der Waals surface area contributed by atoms with Gasteiger partial charge in [0.25, 0.3) is 0 Å². The van der Waals surface area contributed by atoms with Crippen LogP contribution in [0.4, 0.5) is 0 Å². The molecule has 0 atom stereocenters. The number of thiophene rings is 1. The number of aromatic nitrogens is 2. The van der Waals surface area contributed by atoms with Crippen molar-refractivity contribution in [2.24, 2.45) is 0 Å². The van der Waals surface area contributed by atoms with Gasteiger partial charge in [-0.1, -0.05) is 11.8 Å². The summed E-state index contributed by atoms with van der Waals surface area (Å²) in [5.74, 6) is -0.698. The van der Waals surface area contributed by atoms with Crippen molar-refractivity contribution in [1.82, 2.24) is 9.97 Å². The quantitative estimate of drug-likeness (QED) is 0.330. The molecule has 0 radical (unpaired) electrons. The Morgan fingerprint density at radius 3 is 2.94 bits per heavy atom. The number of esters is 1. The zero-order chi connectivity index (χ0) is 11.7. The van der Waals surface area contributed by atoms with E-state index in [0.29, 0.717) is 15.4 Å². The Bertz CT molecular complexity index is 564. The number of ether oxygens (including phenoxy) is 1. The Labute approximate surface area is 129 Å². The van der Waals surface area contributed by atoms with E-state index in [1.807, 2.05) is 6.26 Å². The van der Waals surface area contributed by atoms with Gasteiger partial charge < -0.3 is 11.3 Å². The smallest absolute Gasteiger partial charge is 1.00 e. The largest absolute Gasteiger partial charge is 1.00 e. The molecule has 0 aromatic carbocycles. The van der Waals surface area contributed by atoms with Gasteiger partial charge in [-0.2, -0.15) is 0 Å². The molecule has 0 spiro atoms. The van der Waals surface area contributed by atoms with Crippen molar-refractivity contribution in [3.63, 3.8) is 0 Å². The summed E-state index contributed by atoms with van der Waals surface area (Å²) in [5, 5.41) is 10.4. The van der Waals surface area contributed by atoms with Crippen LogP contribution < -0.4 is 29.6 Å². The predicted octanol–water partition coefficient (Wildman–Crippen LogP) is -0.978. The van der Waals surface area contributed by atoms with Crippen molar-refractivity contribution < 1.29 is 45.6 Å². The van der Waals surface area contributed by atoms with Gasteiger partial charge in [-0.05, 0) is 6.26 Å². The van der Waals surface area contributed by atoms with E-state index in [-0.39, 0.29) is 41.6 Å². The van der Waals surface area contributed by atoms with Crippen molar-refractivity contribution in [3.05, 3.63) is 11.1 Å². The molecule has 2 aromatic rings. The number of nitrogens with zero attached hydrogens (tertiary/aromatic N) is 2. The minimum absolute atomic E-state index is 0. The van der Waals surface area contributed by atoms with E-state index in [9.17, 15) is 9.90 Å². The summed E-state index contributed by atoms with van der Waals surface area (Å²) in [5.41, 5.74) is 0.393. The fourth-order valence-electron chi connectivity index (χ4n) is 1.19. The van der Waals surface area contributed by atoms with Crippen molar-refractivity contribution in [3.8, 4) is 5.75 Å². The van der Waals surface area contributed by atoms with E-state index >= 15 is 0 Å². The first-order valence-corrected chi connectivity index (χ1v) is 6.32. The molecule has 0 saturated carbocycles. The van der Waals surface area contributed by atoms with E-state index in [1.165, 1.54) is 18.9 Å². The van der Waals surface area contributed by atoms with Crippen molar-refractivity contribution in [1.29, 1.82) is 0 Å². The summed E-state index contributed by atoms with van der Waals surface area (Å²) < 4.78 is 5.22. The molecular formula is C9H9N2NaO3S2. The van der Waals surface area contributed by atoms with Crippen LogP contribution in [0.2, 0.25) is 0 Å². The second-order valence-corrected chi connectivity index (χ2v) is 4.67. The van der Waals surface area contributed by atoms with Gasteiger partial charge in [0.1, 0.15) is 5.52 Å². The van der Waals surface area contributed by atoms with Crippen LogP contribution in [0.25, 0.3) is 10.2 Å². The molecule has 0 aliphatic carbocycles. The molecule has 17 heavy (non-hydrogen) atoms. The molecule has 0 bridgehead atoms. The maximum Gasteiger partial charge on any atom is 1.00 e. The molecule has 0 aliphatic rings. The second kappa shape index (κ2) is 6.01. The Morgan fingerprint density at radius 2 is 2.35 bits per heavy atom. The third kappa shape index (κ3) is 2.74. The van der Waals surface area contributed by atoms with E-state index in [0.717, 1.165) is 11.3 Å². The van der Waals surface area contributed by atoms with Crippen molar-refractivity contribution >= 4 is 39.3 Å². The van der Waals surface area contributed by atoms with Crippen LogP contribution in [0.5, 0.6) is 5.75 Å². The number of carbonyl (C=O) groups excluding carboxylic acids is 1. The first-order chi connectivity index (χ1) is 7.67. The van der Waals surface area contributed by atoms with Crippen LogP contribution in [-0.4, -0.2) is 34.4 Å². The number of fused-ring (bicyclic) bond motifs is 1. The fraction of sp³-hybridized carbons (Fsp3) is 0.222. The van der Waals surface area contributed by atoms with Crippen LogP contribution in [0.1, 0.15) is 11.1 Å². The van der Waals surface area contributed by atoms with Crippen LogP contribution in [0, 0.1) is 0 Å². The summed E-state index contributed by atoms with van der Waals surface area (Å²) in [4.78, 5) is 19.7. The van der Waals surface area contributed by atoms with E-state index in [2.05, 4.69) is 14.7 Å². The molecule has 8 heteroatoms. The first-order valence-electron chi connectivity index (χ1n) is 4.28. The van der Waals surface area contributed by atoms with Gasteiger partial charge >= 0.3 is 35.5 Å². The molecule has 2 heterocycles. The third-order valence-electron chi connectivity index (χ3n) is 1.94. The number of methoxy groups -OCH3 is 1. The number of rotatable bonds is 2. The summed E-state index contributed by atoms with van der Waals surface area (Å²) in [6.07, 6.45) is 3.43. The molecule has 5 nitrogen and oxygen atoms in total. The first kappa shape index (κ1) is 14.7. The Balaban J connectivity index is 0.00000144. The van der Waals surface area contributed by atoms with Crippen LogP contribution in [-0.2, 0) is 4.74 Å². The number of thioether (sulfide) groups is 1. The normalized spacial score (nSPS) is 10.0. The maximum atomic E-state index is 11.3. The van der Waals surface area contributed by atoms with Crippen LogP contribution in [0.15, 0.2) is 11.4 Å². The number of hydrogen-bond donors (Lipinski definition) is 1. The molecule has 2 rings (SSSR count). The zero-order valence-corrected chi connectivity index (χ0v) is 13.2. The Kier molecular flexibility index (Phi) is 5.21. The van der Waals surface area contributed by atoms with Gasteiger partial charge in [-0.25, -0.2) is 14.8 Å². The Morgan fingerprint density at radius 1 is 1.65 bits per heavy atom. The number of aromatic hydroxyl groups is 1. The standard InChI is InChI=1S/C9H8N2O3S2.Na.H/c1-14-8(13)7-6(12)5-4(16-7)3-10-9(11-5)15-2;;/h3,12H,1-2H3;;/q;+1;-1. The van der Waals surface area contributed by atoms with E-state index in [4.69, 9.17) is 0 Å². The summed E-state index contributed by atoms with van der Waals surface area (Å²) >= 11 is 2.49. The molecular weight excluding hydrogens is 271 g/mol. The van der Waals surface area contributed by atoms with Crippen LogP contribution >= 0.6 is 23.1 Å². The summed E-state index contributed by atoms with van der Waals surface area (Å²) in [6.45, 7) is 0. The van der Waals surface area contributed by atoms with Gasteiger partial charge in [-0.3, -0.25) is 0 Å². The summed E-state index contributed by atoms with van der Waals surface area (Å²) in [6, 6.07) is 0. The third-order valence-corrected chi connectivity index (χ3v) is 3.58. The molecule has 1 N–H and O–H groups in total. The summed E-state index contributed by atoms with van der Waals surface area (Å²) in [7, 11) is 1.27. The average Bonchev–Trinajstić information content (AvgIpc) is 2.65. The molecule has 0 aliphatic heterocycles. The maximum absolute atomic E-state index is 11.3. The number of hydrogen-bond acceptors (Lipinski definition) is 7. The molecule has 0 saturated heterocycles.